The molecule has 6 nitrogen and oxygen atoms in total. The van der Waals surface area contributed by atoms with Gasteiger partial charge in [0, 0.05) is 32.2 Å². The molecular formula is C19H18F4N2O4S. The highest BCUT2D eigenvalue weighted by atomic mass is 32.2. The van der Waals surface area contributed by atoms with E-state index in [0.717, 1.165) is 28.6 Å². The number of halogens is 4. The number of amides is 1. The molecule has 30 heavy (non-hydrogen) atoms. The lowest BCUT2D eigenvalue weighted by Gasteiger charge is -2.22. The fraction of sp³-hybridized carbons (Fsp3) is 0.316. The number of alkyl halides is 3. The van der Waals surface area contributed by atoms with Crippen molar-refractivity contribution in [3.63, 3.8) is 0 Å². The average Bonchev–Trinajstić information content (AvgIpc) is 2.93. The molecule has 0 N–H and O–H groups in total. The molecule has 1 amide bonds. The molecule has 11 heteroatoms. The molecule has 3 rings (SSSR count). The van der Waals surface area contributed by atoms with E-state index < -0.39 is 33.9 Å². The maximum atomic E-state index is 13.9. The van der Waals surface area contributed by atoms with Gasteiger partial charge in [0.25, 0.3) is 5.91 Å². The molecule has 0 aliphatic carbocycles. The second-order valence-electron chi connectivity index (χ2n) is 6.55. The van der Waals surface area contributed by atoms with Crippen LogP contribution >= 0.6 is 0 Å². The van der Waals surface area contributed by atoms with Gasteiger partial charge in [-0.05, 0) is 30.7 Å². The smallest absolute Gasteiger partial charge is 0.406 e. The molecule has 0 bridgehead atoms. The first-order valence-electron chi connectivity index (χ1n) is 8.98. The van der Waals surface area contributed by atoms with Gasteiger partial charge in [0.15, 0.2) is 0 Å². The summed E-state index contributed by atoms with van der Waals surface area (Å²) in [7, 11) is -4.11. The summed E-state index contributed by atoms with van der Waals surface area (Å²) in [4.78, 5) is 13.6. The molecule has 1 saturated heterocycles. The number of sulfonamides is 1. The molecule has 0 unspecified atom stereocenters. The molecule has 1 aliphatic heterocycles. The lowest BCUT2D eigenvalue weighted by Crippen LogP contribution is -2.37. The number of carbonyl (C=O) groups is 1. The van der Waals surface area contributed by atoms with Crippen molar-refractivity contribution in [1.29, 1.82) is 0 Å². The highest BCUT2D eigenvalue weighted by Gasteiger charge is 2.33. The Labute approximate surface area is 170 Å². The predicted molar refractivity (Wildman–Crippen MR) is 98.8 cm³/mol. The summed E-state index contributed by atoms with van der Waals surface area (Å²) in [5.74, 6) is -1.86. The molecule has 1 heterocycles. The minimum Gasteiger partial charge on any atom is -0.406 e. The maximum Gasteiger partial charge on any atom is 0.573 e. The molecular weight excluding hydrogens is 428 g/mol. The largest absolute Gasteiger partial charge is 0.573 e. The van der Waals surface area contributed by atoms with E-state index in [2.05, 4.69) is 4.74 Å². The molecule has 2 aromatic rings. The van der Waals surface area contributed by atoms with E-state index in [1.807, 2.05) is 0 Å². The third-order valence-electron chi connectivity index (χ3n) is 4.52. The first-order valence-corrected chi connectivity index (χ1v) is 10.4. The number of hydrogen-bond acceptors (Lipinski definition) is 4. The third-order valence-corrected chi connectivity index (χ3v) is 6.42. The Kier molecular flexibility index (Phi) is 6.32. The normalized spacial score (nSPS) is 16.2. The molecule has 0 aromatic heterocycles. The Morgan fingerprint density at radius 2 is 1.70 bits per heavy atom. The highest BCUT2D eigenvalue weighted by molar-refractivity contribution is 7.89. The quantitative estimate of drug-likeness (QED) is 0.677. The van der Waals surface area contributed by atoms with Crippen LogP contribution in [0.5, 0.6) is 5.75 Å². The maximum absolute atomic E-state index is 13.9. The van der Waals surface area contributed by atoms with Crippen molar-refractivity contribution in [3.8, 4) is 5.75 Å². The number of rotatable bonds is 4. The number of carbonyl (C=O) groups excluding carboxylic acids is 1. The summed E-state index contributed by atoms with van der Waals surface area (Å²) in [5, 5.41) is 0. The summed E-state index contributed by atoms with van der Waals surface area (Å²) in [6.07, 6.45) is -4.66. The second-order valence-corrected chi connectivity index (χ2v) is 8.49. The molecule has 1 fully saturated rings. The molecule has 1 aliphatic rings. The summed E-state index contributed by atoms with van der Waals surface area (Å²) in [6.45, 7) is 0.224. The molecule has 0 spiro atoms. The Bertz CT molecular complexity index is 1030. The first kappa shape index (κ1) is 22.0. The van der Waals surface area contributed by atoms with Crippen LogP contribution in [0, 0.1) is 5.82 Å². The minimum atomic E-state index is -4.95. The van der Waals surface area contributed by atoms with Crippen molar-refractivity contribution in [1.82, 2.24) is 9.21 Å². The van der Waals surface area contributed by atoms with Crippen LogP contribution in [-0.2, 0) is 10.0 Å². The van der Waals surface area contributed by atoms with Crippen LogP contribution < -0.4 is 4.74 Å². The average molecular weight is 446 g/mol. The number of benzene rings is 2. The van der Waals surface area contributed by atoms with Crippen LogP contribution in [0.25, 0.3) is 0 Å². The Morgan fingerprint density at radius 1 is 0.967 bits per heavy atom. The molecule has 0 atom stereocenters. The zero-order valence-corrected chi connectivity index (χ0v) is 16.4. The Morgan fingerprint density at radius 3 is 2.40 bits per heavy atom. The second kappa shape index (κ2) is 8.60. The van der Waals surface area contributed by atoms with Crippen LogP contribution in [0.15, 0.2) is 53.4 Å². The zero-order chi connectivity index (χ0) is 21.9. The van der Waals surface area contributed by atoms with Crippen LogP contribution in [0.4, 0.5) is 17.6 Å². The van der Waals surface area contributed by atoms with Crippen molar-refractivity contribution in [2.75, 3.05) is 26.2 Å². The van der Waals surface area contributed by atoms with Gasteiger partial charge in [0.2, 0.25) is 10.0 Å². The lowest BCUT2D eigenvalue weighted by atomic mass is 10.2. The van der Waals surface area contributed by atoms with Crippen molar-refractivity contribution in [3.05, 3.63) is 59.9 Å². The minimum absolute atomic E-state index is 0.0190. The number of hydrogen-bond donors (Lipinski definition) is 0. The Hall–Kier alpha value is -2.66. The monoisotopic (exact) mass is 446 g/mol. The lowest BCUT2D eigenvalue weighted by molar-refractivity contribution is -0.274. The van der Waals surface area contributed by atoms with E-state index in [9.17, 15) is 30.8 Å². The zero-order valence-electron chi connectivity index (χ0n) is 15.6. The van der Waals surface area contributed by atoms with Gasteiger partial charge in [-0.25, -0.2) is 12.8 Å². The molecule has 162 valence electrons. The topological polar surface area (TPSA) is 66.9 Å². The van der Waals surface area contributed by atoms with E-state index in [-0.39, 0.29) is 43.1 Å². The van der Waals surface area contributed by atoms with E-state index in [1.165, 1.54) is 29.2 Å². The number of ether oxygens (including phenoxy) is 1. The molecule has 0 saturated carbocycles. The summed E-state index contributed by atoms with van der Waals surface area (Å²) in [5.41, 5.74) is -0.106. The van der Waals surface area contributed by atoms with Crippen LogP contribution in [-0.4, -0.2) is 56.1 Å². The van der Waals surface area contributed by atoms with Crippen molar-refractivity contribution >= 4 is 15.9 Å². The van der Waals surface area contributed by atoms with Gasteiger partial charge in [0.1, 0.15) is 11.6 Å². The molecule has 0 radical (unpaired) electrons. The standard InChI is InChI=1S/C19H18F4N2O4S/c20-17-8-2-1-7-16(17)18(26)24-9-4-10-25(12-11-24)30(27,28)15-6-3-5-14(13-15)29-19(21,22)23/h1-3,5-8,13H,4,9-12H2. The van der Waals surface area contributed by atoms with Gasteiger partial charge in [0.05, 0.1) is 10.5 Å². The van der Waals surface area contributed by atoms with Gasteiger partial charge < -0.3 is 9.64 Å². The van der Waals surface area contributed by atoms with Gasteiger partial charge in [-0.1, -0.05) is 18.2 Å². The Balaban J connectivity index is 1.75. The van der Waals surface area contributed by atoms with Crippen LogP contribution in [0.1, 0.15) is 16.8 Å². The van der Waals surface area contributed by atoms with E-state index in [0.29, 0.717) is 0 Å². The van der Waals surface area contributed by atoms with Crippen molar-refractivity contribution < 1.29 is 35.5 Å². The van der Waals surface area contributed by atoms with E-state index in [1.54, 1.807) is 0 Å². The van der Waals surface area contributed by atoms with E-state index >= 15 is 0 Å². The summed E-state index contributed by atoms with van der Waals surface area (Å²) < 4.78 is 81.8. The fourth-order valence-corrected chi connectivity index (χ4v) is 4.63. The number of nitrogens with zero attached hydrogens (tertiary/aromatic N) is 2. The van der Waals surface area contributed by atoms with Gasteiger partial charge in [-0.15, -0.1) is 13.2 Å². The van der Waals surface area contributed by atoms with Gasteiger partial charge in [-0.3, -0.25) is 4.79 Å². The van der Waals surface area contributed by atoms with Crippen molar-refractivity contribution in [2.45, 2.75) is 17.7 Å². The van der Waals surface area contributed by atoms with Crippen LogP contribution in [0.3, 0.4) is 0 Å². The van der Waals surface area contributed by atoms with Crippen LogP contribution in [0.2, 0.25) is 0 Å². The third kappa shape index (κ3) is 5.08. The van der Waals surface area contributed by atoms with Crippen molar-refractivity contribution in [2.24, 2.45) is 0 Å². The van der Waals surface area contributed by atoms with Gasteiger partial charge >= 0.3 is 6.36 Å². The summed E-state index contributed by atoms with van der Waals surface area (Å²) in [6, 6.07) is 9.63. The molecule has 2 aromatic carbocycles. The van der Waals surface area contributed by atoms with Gasteiger partial charge in [-0.2, -0.15) is 4.31 Å². The highest BCUT2D eigenvalue weighted by Crippen LogP contribution is 2.27. The predicted octanol–water partition coefficient (Wildman–Crippen LogP) is 3.26. The summed E-state index contributed by atoms with van der Waals surface area (Å²) >= 11 is 0. The van der Waals surface area contributed by atoms with E-state index in [4.69, 9.17) is 0 Å². The SMILES string of the molecule is O=C(c1ccccc1F)N1CCCN(S(=O)(=O)c2cccc(OC(F)(F)F)c2)CC1. The fourth-order valence-electron chi connectivity index (χ4n) is 3.12. The first-order chi connectivity index (χ1) is 14.1.